The fourth-order valence-corrected chi connectivity index (χ4v) is 3.00. The van der Waals surface area contributed by atoms with Crippen LogP contribution in [0.25, 0.3) is 27.6 Å². The van der Waals surface area contributed by atoms with Gasteiger partial charge in [0.15, 0.2) is 5.76 Å². The zero-order chi connectivity index (χ0) is 16.8. The SMILES string of the molecule is CC(=O)OC1=Cc2cc3cc4ccccc4cc3cc2C(=O)C1=O. The van der Waals surface area contributed by atoms with Gasteiger partial charge in [-0.15, -0.1) is 0 Å². The van der Waals surface area contributed by atoms with E-state index in [1.807, 2.05) is 42.5 Å². The van der Waals surface area contributed by atoms with Gasteiger partial charge >= 0.3 is 5.97 Å². The van der Waals surface area contributed by atoms with Crippen molar-refractivity contribution in [2.75, 3.05) is 0 Å². The van der Waals surface area contributed by atoms with E-state index in [1.54, 1.807) is 6.07 Å². The number of benzene rings is 3. The van der Waals surface area contributed by atoms with E-state index in [-0.39, 0.29) is 5.76 Å². The molecule has 24 heavy (non-hydrogen) atoms. The minimum atomic E-state index is -0.794. The number of hydrogen-bond acceptors (Lipinski definition) is 4. The molecule has 0 fully saturated rings. The molecule has 4 rings (SSSR count). The average Bonchev–Trinajstić information content (AvgIpc) is 2.56. The van der Waals surface area contributed by atoms with Crippen LogP contribution in [0.3, 0.4) is 0 Å². The van der Waals surface area contributed by atoms with Gasteiger partial charge in [0.1, 0.15) is 0 Å². The van der Waals surface area contributed by atoms with Crippen LogP contribution in [0.2, 0.25) is 0 Å². The fraction of sp³-hybridized carbons (Fsp3) is 0.0500. The van der Waals surface area contributed by atoms with Crippen LogP contribution in [0.1, 0.15) is 22.8 Å². The van der Waals surface area contributed by atoms with Gasteiger partial charge < -0.3 is 4.74 Å². The Hall–Kier alpha value is -3.27. The summed E-state index contributed by atoms with van der Waals surface area (Å²) < 4.78 is 4.86. The van der Waals surface area contributed by atoms with Gasteiger partial charge in [0.25, 0.3) is 5.78 Å². The molecule has 0 atom stereocenters. The van der Waals surface area contributed by atoms with Crippen LogP contribution in [-0.4, -0.2) is 17.5 Å². The fourth-order valence-electron chi connectivity index (χ4n) is 3.00. The first-order chi connectivity index (χ1) is 11.5. The summed E-state index contributed by atoms with van der Waals surface area (Å²) in [5.74, 6) is -2.30. The average molecular weight is 316 g/mol. The van der Waals surface area contributed by atoms with Crippen LogP contribution in [0.4, 0.5) is 0 Å². The number of hydrogen-bond donors (Lipinski definition) is 0. The number of carbonyl (C=O) groups excluding carboxylic acids is 3. The van der Waals surface area contributed by atoms with Gasteiger partial charge in [0.05, 0.1) is 0 Å². The number of ketones is 2. The van der Waals surface area contributed by atoms with Gasteiger partial charge in [0.2, 0.25) is 5.78 Å². The van der Waals surface area contributed by atoms with E-state index in [9.17, 15) is 14.4 Å². The van der Waals surface area contributed by atoms with Gasteiger partial charge in [-0.1, -0.05) is 24.3 Å². The lowest BCUT2D eigenvalue weighted by molar-refractivity contribution is -0.139. The first-order valence-electron chi connectivity index (χ1n) is 7.48. The molecule has 0 bridgehead atoms. The van der Waals surface area contributed by atoms with E-state index in [1.165, 1.54) is 13.0 Å². The van der Waals surface area contributed by atoms with Crippen molar-refractivity contribution in [1.29, 1.82) is 0 Å². The largest absolute Gasteiger partial charge is 0.422 e. The highest BCUT2D eigenvalue weighted by Crippen LogP contribution is 2.30. The van der Waals surface area contributed by atoms with Crippen LogP contribution in [0.5, 0.6) is 0 Å². The van der Waals surface area contributed by atoms with E-state index in [0.717, 1.165) is 21.5 Å². The summed E-state index contributed by atoms with van der Waals surface area (Å²) in [6.45, 7) is 1.20. The molecular weight excluding hydrogens is 304 g/mol. The molecule has 0 N–H and O–H groups in total. The zero-order valence-corrected chi connectivity index (χ0v) is 12.8. The minimum absolute atomic E-state index is 0.222. The molecule has 0 aromatic heterocycles. The molecule has 116 valence electrons. The highest BCUT2D eigenvalue weighted by atomic mass is 16.5. The number of rotatable bonds is 1. The highest BCUT2D eigenvalue weighted by molar-refractivity contribution is 6.51. The van der Waals surface area contributed by atoms with Gasteiger partial charge in [-0.2, -0.15) is 0 Å². The van der Waals surface area contributed by atoms with Crippen LogP contribution < -0.4 is 0 Å². The molecule has 0 amide bonds. The van der Waals surface area contributed by atoms with Crippen LogP contribution in [0.15, 0.2) is 54.3 Å². The predicted octanol–water partition coefficient (Wildman–Crippen LogP) is 3.66. The molecule has 0 unspecified atom stereocenters. The molecule has 3 aromatic carbocycles. The number of Topliss-reactive ketones (excluding diaryl/α,β-unsaturated/α-hetero) is 2. The van der Waals surface area contributed by atoms with Gasteiger partial charge in [-0.05, 0) is 57.4 Å². The molecule has 0 aliphatic heterocycles. The summed E-state index contributed by atoms with van der Waals surface area (Å²) in [7, 11) is 0. The summed E-state index contributed by atoms with van der Waals surface area (Å²) in [6.07, 6.45) is 1.45. The molecule has 3 aromatic rings. The Morgan fingerprint density at radius 3 is 2.08 bits per heavy atom. The van der Waals surface area contributed by atoms with E-state index < -0.39 is 17.5 Å². The lowest BCUT2D eigenvalue weighted by atomic mass is 9.90. The van der Waals surface area contributed by atoms with E-state index >= 15 is 0 Å². The molecule has 0 heterocycles. The number of carbonyl (C=O) groups is 3. The summed E-state index contributed by atoms with van der Waals surface area (Å²) in [6, 6.07) is 15.5. The van der Waals surface area contributed by atoms with Crippen molar-refractivity contribution in [2.24, 2.45) is 0 Å². The normalized spacial score (nSPS) is 13.8. The maximum absolute atomic E-state index is 12.3. The van der Waals surface area contributed by atoms with Crippen molar-refractivity contribution in [3.05, 3.63) is 65.4 Å². The third-order valence-corrected chi connectivity index (χ3v) is 4.09. The number of esters is 1. The molecular formula is C20H12O4. The smallest absolute Gasteiger partial charge is 0.308 e. The summed E-state index contributed by atoms with van der Waals surface area (Å²) >= 11 is 0. The monoisotopic (exact) mass is 316 g/mol. The minimum Gasteiger partial charge on any atom is -0.422 e. The van der Waals surface area contributed by atoms with Gasteiger partial charge in [-0.3, -0.25) is 14.4 Å². The summed E-state index contributed by atoms with van der Waals surface area (Å²) in [4.78, 5) is 35.5. The molecule has 1 aliphatic carbocycles. The number of allylic oxidation sites excluding steroid dienone is 1. The second-order valence-corrected chi connectivity index (χ2v) is 5.75. The maximum atomic E-state index is 12.3. The van der Waals surface area contributed by atoms with E-state index in [4.69, 9.17) is 4.74 Å². The molecule has 4 heteroatoms. The van der Waals surface area contributed by atoms with Gasteiger partial charge in [-0.25, -0.2) is 0 Å². The summed E-state index contributed by atoms with van der Waals surface area (Å²) in [5.41, 5.74) is 0.914. The van der Waals surface area contributed by atoms with Crippen molar-refractivity contribution >= 4 is 45.2 Å². The maximum Gasteiger partial charge on any atom is 0.308 e. The third-order valence-electron chi connectivity index (χ3n) is 4.09. The third kappa shape index (κ3) is 2.20. The van der Waals surface area contributed by atoms with Crippen LogP contribution in [-0.2, 0) is 14.3 Å². The number of fused-ring (bicyclic) bond motifs is 3. The van der Waals surface area contributed by atoms with Crippen molar-refractivity contribution in [1.82, 2.24) is 0 Å². The quantitative estimate of drug-likeness (QED) is 0.390. The van der Waals surface area contributed by atoms with Crippen molar-refractivity contribution in [3.8, 4) is 0 Å². The first kappa shape index (κ1) is 14.3. The van der Waals surface area contributed by atoms with Crippen LogP contribution in [0, 0.1) is 0 Å². The number of ether oxygens (including phenoxy) is 1. The second-order valence-electron chi connectivity index (χ2n) is 5.75. The Bertz CT molecular complexity index is 1090. The van der Waals surface area contributed by atoms with Crippen LogP contribution >= 0.6 is 0 Å². The highest BCUT2D eigenvalue weighted by Gasteiger charge is 2.30. The lowest BCUT2D eigenvalue weighted by Gasteiger charge is -2.15. The topological polar surface area (TPSA) is 60.4 Å². The van der Waals surface area contributed by atoms with Crippen molar-refractivity contribution in [3.63, 3.8) is 0 Å². The predicted molar refractivity (Wildman–Crippen MR) is 90.5 cm³/mol. The standard InChI is InChI=1S/C20H12O4/c1-11(21)24-18-10-16-8-14-6-12-4-2-3-5-13(12)7-15(14)9-17(16)19(22)20(18)23/h2-10H,1H3. The molecule has 0 saturated heterocycles. The second kappa shape index (κ2) is 5.13. The van der Waals surface area contributed by atoms with Crippen molar-refractivity contribution in [2.45, 2.75) is 6.92 Å². The van der Waals surface area contributed by atoms with E-state index in [0.29, 0.717) is 11.1 Å². The molecule has 0 saturated carbocycles. The van der Waals surface area contributed by atoms with E-state index in [2.05, 4.69) is 0 Å². The Morgan fingerprint density at radius 2 is 1.46 bits per heavy atom. The molecule has 4 nitrogen and oxygen atoms in total. The zero-order valence-electron chi connectivity index (χ0n) is 12.8. The molecule has 0 radical (unpaired) electrons. The molecule has 1 aliphatic rings. The molecule has 0 spiro atoms. The Labute approximate surface area is 137 Å². The Morgan fingerprint density at radius 1 is 0.833 bits per heavy atom. The Kier molecular flexibility index (Phi) is 3.06. The summed E-state index contributed by atoms with van der Waals surface area (Å²) in [5, 5.41) is 3.99. The Balaban J connectivity index is 1.97. The lowest BCUT2D eigenvalue weighted by Crippen LogP contribution is -2.23. The van der Waals surface area contributed by atoms with Gasteiger partial charge in [0, 0.05) is 12.5 Å². The van der Waals surface area contributed by atoms with Crippen molar-refractivity contribution < 1.29 is 19.1 Å². The first-order valence-corrected chi connectivity index (χ1v) is 7.48.